The summed E-state index contributed by atoms with van der Waals surface area (Å²) in [4.78, 5) is 17.3. The Hall–Kier alpha value is -3.68. The van der Waals surface area contributed by atoms with Crippen molar-refractivity contribution >= 4 is 34.0 Å². The van der Waals surface area contributed by atoms with E-state index in [2.05, 4.69) is 26.3 Å². The van der Waals surface area contributed by atoms with Gasteiger partial charge in [0, 0.05) is 24.1 Å². The number of fused-ring (bicyclic) bond motifs is 1. The van der Waals surface area contributed by atoms with Crippen LogP contribution in [0.25, 0.3) is 33.3 Å². The third kappa shape index (κ3) is 4.18. The number of aryl methyl sites for hydroxylation is 1. The SMILES string of the molecule is Cn1ncc(-c2cc3c(CCl)n[nH]c(=O)c3c(OC3CC3)n2)c1-c1c(F)c(Cl)cc(OC2CC2)c1C#N. The second-order valence-electron chi connectivity index (χ2n) is 9.07. The smallest absolute Gasteiger partial charge is 0.277 e. The number of halogens is 3. The van der Waals surface area contributed by atoms with Crippen LogP contribution in [-0.4, -0.2) is 37.2 Å². The molecule has 1 aromatic carbocycles. The molecule has 0 aliphatic heterocycles. The number of alkyl halides is 1. The van der Waals surface area contributed by atoms with Crippen molar-refractivity contribution in [2.45, 2.75) is 43.8 Å². The Morgan fingerprint density at radius 3 is 2.65 bits per heavy atom. The van der Waals surface area contributed by atoms with Crippen LogP contribution in [0, 0.1) is 17.1 Å². The van der Waals surface area contributed by atoms with E-state index in [9.17, 15) is 10.1 Å². The minimum atomic E-state index is -0.777. The number of aromatic amines is 1. The molecule has 3 aromatic heterocycles. The van der Waals surface area contributed by atoms with E-state index < -0.39 is 11.4 Å². The fraction of sp³-hybridized carbons (Fsp3) is 0.320. The lowest BCUT2D eigenvalue weighted by molar-refractivity contribution is 0.295. The maximum Gasteiger partial charge on any atom is 0.277 e. The van der Waals surface area contributed by atoms with Crippen LogP contribution in [0.2, 0.25) is 5.02 Å². The van der Waals surface area contributed by atoms with Gasteiger partial charge in [-0.25, -0.2) is 14.5 Å². The largest absolute Gasteiger partial charge is 0.489 e. The molecule has 37 heavy (non-hydrogen) atoms. The standard InChI is InChI=1S/C25H19Cl2FN6O3/c1-34-23(20-14(9-29)19(36-11-2-3-11)7-16(27)22(20)28)15(10-30-34)17-6-13-18(8-26)32-33-24(35)21(13)25(31-17)37-12-4-5-12/h6-7,10-12H,2-5,8H2,1H3,(H,33,35). The lowest BCUT2D eigenvalue weighted by Gasteiger charge is -2.16. The summed E-state index contributed by atoms with van der Waals surface area (Å²) in [6.45, 7) is 0. The van der Waals surface area contributed by atoms with Crippen LogP contribution in [0.4, 0.5) is 4.39 Å². The van der Waals surface area contributed by atoms with Crippen molar-refractivity contribution in [2.24, 2.45) is 7.05 Å². The number of nitriles is 1. The fourth-order valence-corrected chi connectivity index (χ4v) is 4.59. The van der Waals surface area contributed by atoms with Gasteiger partial charge < -0.3 is 9.47 Å². The van der Waals surface area contributed by atoms with Crippen LogP contribution < -0.4 is 15.0 Å². The molecule has 0 spiro atoms. The van der Waals surface area contributed by atoms with Gasteiger partial charge in [0.25, 0.3) is 5.56 Å². The zero-order chi connectivity index (χ0) is 25.8. The Balaban J connectivity index is 1.61. The van der Waals surface area contributed by atoms with E-state index in [1.807, 2.05) is 0 Å². The number of hydrogen-bond acceptors (Lipinski definition) is 7. The molecule has 3 heterocycles. The van der Waals surface area contributed by atoms with E-state index in [1.54, 1.807) is 13.1 Å². The van der Waals surface area contributed by atoms with Gasteiger partial charge in [-0.2, -0.15) is 15.5 Å². The molecule has 12 heteroatoms. The maximum atomic E-state index is 15.6. The molecule has 188 valence electrons. The highest BCUT2D eigenvalue weighted by molar-refractivity contribution is 6.31. The Morgan fingerprint density at radius 1 is 1.24 bits per heavy atom. The first-order chi connectivity index (χ1) is 17.9. The Bertz CT molecular complexity index is 1670. The van der Waals surface area contributed by atoms with Crippen LogP contribution in [0.1, 0.15) is 36.9 Å². The summed E-state index contributed by atoms with van der Waals surface area (Å²) in [7, 11) is 1.63. The Kier molecular flexibility index (Phi) is 5.77. The molecule has 0 bridgehead atoms. The van der Waals surface area contributed by atoms with Crippen molar-refractivity contribution in [3.05, 3.63) is 50.8 Å². The highest BCUT2D eigenvalue weighted by Crippen LogP contribution is 2.43. The topological polar surface area (TPSA) is 119 Å². The molecule has 6 rings (SSSR count). The molecule has 0 amide bonds. The zero-order valence-corrected chi connectivity index (χ0v) is 21.0. The van der Waals surface area contributed by atoms with Gasteiger partial charge in [0.15, 0.2) is 5.82 Å². The lowest BCUT2D eigenvalue weighted by Crippen LogP contribution is -2.14. The first-order valence-corrected chi connectivity index (χ1v) is 12.6. The number of H-pyrrole nitrogens is 1. The normalized spacial score (nSPS) is 15.1. The summed E-state index contributed by atoms with van der Waals surface area (Å²) in [5.41, 5.74) is 0.949. The Morgan fingerprint density at radius 2 is 1.97 bits per heavy atom. The molecule has 0 saturated heterocycles. The molecule has 2 fully saturated rings. The van der Waals surface area contributed by atoms with E-state index in [4.69, 9.17) is 32.7 Å². The van der Waals surface area contributed by atoms with Crippen molar-refractivity contribution < 1.29 is 13.9 Å². The zero-order valence-electron chi connectivity index (χ0n) is 19.5. The van der Waals surface area contributed by atoms with Crippen LogP contribution in [0.5, 0.6) is 11.6 Å². The second kappa shape index (κ2) is 9.01. The van der Waals surface area contributed by atoms with E-state index in [1.165, 1.54) is 16.9 Å². The molecule has 2 aliphatic rings. The van der Waals surface area contributed by atoms with Crippen molar-refractivity contribution in [1.29, 1.82) is 5.26 Å². The molecule has 2 saturated carbocycles. The quantitative estimate of drug-likeness (QED) is 0.332. The number of pyridine rings is 1. The van der Waals surface area contributed by atoms with E-state index >= 15 is 4.39 Å². The number of aromatic nitrogens is 5. The van der Waals surface area contributed by atoms with Gasteiger partial charge >= 0.3 is 0 Å². The van der Waals surface area contributed by atoms with Gasteiger partial charge in [0.1, 0.15) is 28.9 Å². The summed E-state index contributed by atoms with van der Waals surface area (Å²) in [5, 5.41) is 21.4. The van der Waals surface area contributed by atoms with Crippen molar-refractivity contribution in [3.63, 3.8) is 0 Å². The predicted octanol–water partition coefficient (Wildman–Crippen LogP) is 4.87. The molecule has 0 unspecified atom stereocenters. The summed E-state index contributed by atoms with van der Waals surface area (Å²) in [6, 6.07) is 5.05. The van der Waals surface area contributed by atoms with Crippen molar-refractivity contribution in [3.8, 4) is 40.2 Å². The molecule has 9 nitrogen and oxygen atoms in total. The average molecular weight is 541 g/mol. The summed E-state index contributed by atoms with van der Waals surface area (Å²) in [6.07, 6.45) is 4.83. The van der Waals surface area contributed by atoms with Crippen LogP contribution in [0.3, 0.4) is 0 Å². The number of benzene rings is 1. The summed E-state index contributed by atoms with van der Waals surface area (Å²) >= 11 is 12.4. The minimum Gasteiger partial charge on any atom is -0.489 e. The van der Waals surface area contributed by atoms with Crippen LogP contribution >= 0.6 is 23.2 Å². The molecule has 4 aromatic rings. The minimum absolute atomic E-state index is 0.00783. The van der Waals surface area contributed by atoms with Crippen molar-refractivity contribution in [2.75, 3.05) is 0 Å². The highest BCUT2D eigenvalue weighted by Gasteiger charge is 2.31. The molecule has 0 atom stereocenters. The van der Waals surface area contributed by atoms with Gasteiger partial charge in [0.05, 0.1) is 45.8 Å². The lowest BCUT2D eigenvalue weighted by atomic mass is 9.98. The highest BCUT2D eigenvalue weighted by atomic mass is 35.5. The van der Waals surface area contributed by atoms with Gasteiger partial charge in [-0.15, -0.1) is 11.6 Å². The third-order valence-electron chi connectivity index (χ3n) is 6.31. The molecule has 2 aliphatic carbocycles. The number of hydrogen-bond donors (Lipinski definition) is 1. The van der Waals surface area contributed by atoms with Gasteiger partial charge in [-0.05, 0) is 31.7 Å². The maximum absolute atomic E-state index is 15.6. The predicted molar refractivity (Wildman–Crippen MR) is 134 cm³/mol. The number of rotatable bonds is 7. The monoisotopic (exact) mass is 540 g/mol. The fourth-order valence-electron chi connectivity index (χ4n) is 4.19. The van der Waals surface area contributed by atoms with Crippen LogP contribution in [0.15, 0.2) is 23.1 Å². The summed E-state index contributed by atoms with van der Waals surface area (Å²) < 4.78 is 28.9. The van der Waals surface area contributed by atoms with Crippen molar-refractivity contribution in [1.82, 2.24) is 25.0 Å². The molecular formula is C25H19Cl2FN6O3. The Labute approximate surface area is 219 Å². The molecule has 1 N–H and O–H groups in total. The van der Waals surface area contributed by atoms with Gasteiger partial charge in [-0.1, -0.05) is 11.6 Å². The van der Waals surface area contributed by atoms with E-state index in [0.717, 1.165) is 25.7 Å². The van der Waals surface area contributed by atoms with Gasteiger partial charge in [0.2, 0.25) is 5.88 Å². The summed E-state index contributed by atoms with van der Waals surface area (Å²) in [5.74, 6) is -0.406. The van der Waals surface area contributed by atoms with Crippen LogP contribution in [-0.2, 0) is 12.9 Å². The first kappa shape index (κ1) is 23.7. The van der Waals surface area contributed by atoms with E-state index in [0.29, 0.717) is 22.3 Å². The second-order valence-corrected chi connectivity index (χ2v) is 9.74. The number of nitrogens with one attached hydrogen (secondary N) is 1. The number of nitrogens with zero attached hydrogens (tertiary/aromatic N) is 5. The third-order valence-corrected chi connectivity index (χ3v) is 6.84. The molecule has 0 radical (unpaired) electrons. The van der Waals surface area contributed by atoms with Gasteiger partial charge in [-0.3, -0.25) is 9.48 Å². The number of ether oxygens (including phenoxy) is 2. The average Bonchev–Trinajstić information content (AvgIpc) is 3.82. The first-order valence-electron chi connectivity index (χ1n) is 11.7. The molecular weight excluding hydrogens is 522 g/mol. The van der Waals surface area contributed by atoms with E-state index in [-0.39, 0.29) is 56.9 Å².